The van der Waals surface area contributed by atoms with E-state index in [1.165, 1.54) is 0 Å². The Morgan fingerprint density at radius 3 is 2.89 bits per heavy atom. The average Bonchev–Trinajstić information content (AvgIpc) is 3.11. The average molecular weight is 373 g/mol. The van der Waals surface area contributed by atoms with Crippen LogP contribution in [0.3, 0.4) is 0 Å². The van der Waals surface area contributed by atoms with Gasteiger partial charge in [0.2, 0.25) is 0 Å². The Morgan fingerprint density at radius 2 is 2.07 bits per heavy atom. The van der Waals surface area contributed by atoms with Gasteiger partial charge in [0.15, 0.2) is 5.82 Å². The van der Waals surface area contributed by atoms with E-state index in [9.17, 15) is 0 Å². The summed E-state index contributed by atoms with van der Waals surface area (Å²) in [6.45, 7) is 0. The maximum Gasteiger partial charge on any atom is 0.163 e. The van der Waals surface area contributed by atoms with Gasteiger partial charge >= 0.3 is 0 Å². The molecule has 132 valence electrons. The first-order valence-corrected chi connectivity index (χ1v) is 9.04. The molecular weight excluding hydrogens is 358 g/mol. The molecule has 3 heterocycles. The number of nitrogens with zero attached hydrogens (tertiary/aromatic N) is 4. The van der Waals surface area contributed by atoms with Gasteiger partial charge in [0, 0.05) is 23.1 Å². The number of thiophene rings is 1. The van der Waals surface area contributed by atoms with Crippen LogP contribution in [-0.2, 0) is 6.42 Å². The van der Waals surface area contributed by atoms with Gasteiger partial charge in [0.05, 0.1) is 29.8 Å². The number of nitrogens with two attached hydrogens (primary N) is 1. The van der Waals surface area contributed by atoms with Gasteiger partial charge in [-0.25, -0.2) is 9.97 Å². The van der Waals surface area contributed by atoms with E-state index in [1.54, 1.807) is 36.8 Å². The van der Waals surface area contributed by atoms with Crippen LogP contribution in [0.25, 0.3) is 21.6 Å². The van der Waals surface area contributed by atoms with E-state index in [-0.39, 0.29) is 0 Å². The van der Waals surface area contributed by atoms with E-state index in [0.29, 0.717) is 23.6 Å². The van der Waals surface area contributed by atoms with E-state index in [4.69, 9.17) is 15.7 Å². The van der Waals surface area contributed by atoms with Gasteiger partial charge in [-0.1, -0.05) is 12.1 Å². The summed E-state index contributed by atoms with van der Waals surface area (Å²) in [5.41, 5.74) is 8.37. The molecule has 6 nitrogen and oxygen atoms in total. The van der Waals surface area contributed by atoms with Crippen molar-refractivity contribution in [3.63, 3.8) is 0 Å². The highest BCUT2D eigenvalue weighted by molar-refractivity contribution is 7.18. The molecule has 0 amide bonds. The van der Waals surface area contributed by atoms with Crippen molar-refractivity contribution in [3.8, 4) is 23.2 Å². The lowest BCUT2D eigenvalue weighted by molar-refractivity contribution is 0.408. The lowest BCUT2D eigenvalue weighted by atomic mass is 10.1. The molecule has 0 spiro atoms. The molecule has 0 radical (unpaired) electrons. The summed E-state index contributed by atoms with van der Waals surface area (Å²) in [5.74, 6) is 1.69. The molecule has 0 fully saturated rings. The number of pyridine rings is 1. The summed E-state index contributed by atoms with van der Waals surface area (Å²) in [6.07, 6.45) is 2.38. The zero-order chi connectivity index (χ0) is 18.8. The van der Waals surface area contributed by atoms with Crippen LogP contribution >= 0.6 is 11.3 Å². The highest BCUT2D eigenvalue weighted by atomic mass is 32.1. The second-order valence-corrected chi connectivity index (χ2v) is 7.00. The van der Waals surface area contributed by atoms with Crippen molar-refractivity contribution in [2.75, 3.05) is 12.8 Å². The molecule has 27 heavy (non-hydrogen) atoms. The Morgan fingerprint density at radius 1 is 1.19 bits per heavy atom. The molecular formula is C20H15N5OS. The fourth-order valence-electron chi connectivity index (χ4n) is 2.84. The number of methoxy groups -OCH3 is 1. The van der Waals surface area contributed by atoms with Crippen LogP contribution < -0.4 is 10.5 Å². The number of nitrogen functional groups attached to an aromatic ring is 1. The highest BCUT2D eigenvalue weighted by Gasteiger charge is 2.13. The van der Waals surface area contributed by atoms with Crippen molar-refractivity contribution < 1.29 is 4.74 Å². The van der Waals surface area contributed by atoms with Crippen molar-refractivity contribution in [2.45, 2.75) is 6.42 Å². The number of aromatic nitrogens is 3. The molecule has 0 aliphatic heterocycles. The first-order chi connectivity index (χ1) is 13.2. The molecule has 3 aromatic heterocycles. The second-order valence-electron chi connectivity index (χ2n) is 5.89. The molecule has 0 unspecified atom stereocenters. The Labute approximate surface area is 159 Å². The fourth-order valence-corrected chi connectivity index (χ4v) is 3.88. The highest BCUT2D eigenvalue weighted by Crippen LogP contribution is 2.32. The molecule has 0 atom stereocenters. The number of hydrogen-bond acceptors (Lipinski definition) is 7. The van der Waals surface area contributed by atoms with Crippen molar-refractivity contribution in [1.82, 2.24) is 15.0 Å². The minimum atomic E-state index is 0.424. The minimum Gasteiger partial charge on any atom is -0.495 e. The van der Waals surface area contributed by atoms with E-state index >= 15 is 0 Å². The summed E-state index contributed by atoms with van der Waals surface area (Å²) in [7, 11) is 1.64. The molecule has 4 aromatic rings. The number of ether oxygens (including phenoxy) is 1. The summed E-state index contributed by atoms with van der Waals surface area (Å²) in [5, 5.41) is 9.92. The predicted octanol–water partition coefficient (Wildman–Crippen LogP) is 3.81. The van der Waals surface area contributed by atoms with Gasteiger partial charge in [-0.05, 0) is 30.3 Å². The molecule has 0 bridgehead atoms. The molecule has 0 saturated carbocycles. The van der Waals surface area contributed by atoms with Crippen molar-refractivity contribution in [3.05, 3.63) is 64.8 Å². The largest absolute Gasteiger partial charge is 0.495 e. The molecule has 0 aliphatic carbocycles. The quantitative estimate of drug-likeness (QED) is 0.584. The third kappa shape index (κ3) is 3.30. The maximum atomic E-state index is 9.09. The number of rotatable bonds is 4. The van der Waals surface area contributed by atoms with Crippen LogP contribution in [0, 0.1) is 11.3 Å². The number of anilines is 1. The summed E-state index contributed by atoms with van der Waals surface area (Å²) in [6, 6.07) is 15.0. The predicted molar refractivity (Wildman–Crippen MR) is 106 cm³/mol. The third-order valence-corrected chi connectivity index (χ3v) is 5.16. The van der Waals surface area contributed by atoms with Gasteiger partial charge in [0.1, 0.15) is 16.4 Å². The van der Waals surface area contributed by atoms with E-state index < -0.39 is 0 Å². The van der Waals surface area contributed by atoms with Crippen LogP contribution in [-0.4, -0.2) is 22.1 Å². The monoisotopic (exact) mass is 373 g/mol. The summed E-state index contributed by atoms with van der Waals surface area (Å²) < 4.78 is 5.38. The van der Waals surface area contributed by atoms with Gasteiger partial charge in [0.25, 0.3) is 0 Å². The Kier molecular flexibility index (Phi) is 4.40. The van der Waals surface area contributed by atoms with E-state index in [2.05, 4.69) is 21.0 Å². The van der Waals surface area contributed by atoms with Crippen molar-refractivity contribution in [1.29, 1.82) is 5.26 Å². The zero-order valence-corrected chi connectivity index (χ0v) is 15.3. The number of fused-ring (bicyclic) bond motifs is 1. The van der Waals surface area contributed by atoms with Crippen LogP contribution in [0.15, 0.2) is 48.7 Å². The Balaban J connectivity index is 1.74. The number of hydrogen-bond donors (Lipinski definition) is 1. The first kappa shape index (κ1) is 16.9. The number of nitriles is 1. The van der Waals surface area contributed by atoms with E-state index in [1.807, 2.05) is 30.3 Å². The lowest BCUT2D eigenvalue weighted by Crippen LogP contribution is -1.96. The molecule has 0 aliphatic rings. The standard InChI is InChI=1S/C20H15N5OS/c1-26-17-6-3-7-23-16(17)10-14-9-15-18(22)24-19(25-20(15)27-14)13-5-2-4-12(8-13)11-21/h2-9H,10H2,1H3,(H2,22,24,25). The fraction of sp³-hybridized carbons (Fsp3) is 0.100. The van der Waals surface area contributed by atoms with Crippen molar-refractivity contribution >= 4 is 27.4 Å². The minimum absolute atomic E-state index is 0.424. The molecule has 4 rings (SSSR count). The summed E-state index contributed by atoms with van der Waals surface area (Å²) >= 11 is 1.55. The Hall–Kier alpha value is -3.50. The second kappa shape index (κ2) is 7.02. The number of benzene rings is 1. The van der Waals surface area contributed by atoms with Crippen LogP contribution in [0.2, 0.25) is 0 Å². The van der Waals surface area contributed by atoms with Crippen LogP contribution in [0.1, 0.15) is 16.1 Å². The van der Waals surface area contributed by atoms with Crippen LogP contribution in [0.5, 0.6) is 5.75 Å². The SMILES string of the molecule is COc1cccnc1Cc1cc2c(N)nc(-c3cccc(C#N)c3)nc2s1. The third-order valence-electron chi connectivity index (χ3n) is 4.13. The Bertz CT molecular complexity index is 1180. The smallest absolute Gasteiger partial charge is 0.163 e. The van der Waals surface area contributed by atoms with Gasteiger partial charge in [-0.2, -0.15) is 5.26 Å². The van der Waals surface area contributed by atoms with Crippen LogP contribution in [0.4, 0.5) is 5.82 Å². The molecule has 0 saturated heterocycles. The van der Waals surface area contributed by atoms with Gasteiger partial charge < -0.3 is 10.5 Å². The molecule has 7 heteroatoms. The molecule has 1 aromatic carbocycles. The normalized spacial score (nSPS) is 10.7. The van der Waals surface area contributed by atoms with Gasteiger partial charge in [-0.15, -0.1) is 11.3 Å². The molecule has 2 N–H and O–H groups in total. The first-order valence-electron chi connectivity index (χ1n) is 8.22. The van der Waals surface area contributed by atoms with Gasteiger partial charge in [-0.3, -0.25) is 4.98 Å². The maximum absolute atomic E-state index is 9.09. The van der Waals surface area contributed by atoms with Crippen molar-refractivity contribution in [2.24, 2.45) is 0 Å². The topological polar surface area (TPSA) is 97.7 Å². The zero-order valence-electron chi connectivity index (χ0n) is 14.5. The summed E-state index contributed by atoms with van der Waals surface area (Å²) in [4.78, 5) is 15.4. The van der Waals surface area contributed by atoms with E-state index in [0.717, 1.165) is 32.1 Å². The lowest BCUT2D eigenvalue weighted by Gasteiger charge is -2.04.